The molecule has 6 heteroatoms. The average Bonchev–Trinajstić information content (AvgIpc) is 2.18. The van der Waals surface area contributed by atoms with Crippen molar-refractivity contribution in [2.24, 2.45) is 4.99 Å². The highest BCUT2D eigenvalue weighted by Gasteiger charge is 2.08. The van der Waals surface area contributed by atoms with Gasteiger partial charge in [-0.3, -0.25) is 0 Å². The highest BCUT2D eigenvalue weighted by atomic mass is 15.3. The summed E-state index contributed by atoms with van der Waals surface area (Å²) in [6, 6.07) is 3.36. The van der Waals surface area contributed by atoms with Crippen LogP contribution in [0.4, 0.5) is 11.8 Å². The Morgan fingerprint density at radius 1 is 1.29 bits per heavy atom. The minimum atomic E-state index is 0.410. The van der Waals surface area contributed by atoms with Crippen LogP contribution in [0.15, 0.2) is 23.5 Å². The van der Waals surface area contributed by atoms with Gasteiger partial charge in [0.15, 0.2) is 0 Å². The third-order valence-electron chi connectivity index (χ3n) is 2.00. The van der Waals surface area contributed by atoms with Gasteiger partial charge in [-0.05, 0) is 0 Å². The molecule has 2 N–H and O–H groups in total. The Kier molecular flexibility index (Phi) is 1.22. The Morgan fingerprint density at radius 2 is 2.21 bits per heavy atom. The van der Waals surface area contributed by atoms with E-state index in [1.165, 1.54) is 6.33 Å². The summed E-state index contributed by atoms with van der Waals surface area (Å²) in [6.07, 6.45) is 2.99. The summed E-state index contributed by atoms with van der Waals surface area (Å²) in [6.45, 7) is 0. The van der Waals surface area contributed by atoms with Gasteiger partial charge in [-0.15, -0.1) is 0 Å². The molecule has 3 heterocycles. The van der Waals surface area contributed by atoms with Crippen molar-refractivity contribution >= 4 is 23.8 Å². The summed E-state index contributed by atoms with van der Waals surface area (Å²) in [5, 5.41) is 10.9. The van der Waals surface area contributed by atoms with E-state index in [9.17, 15) is 0 Å². The maximum absolute atomic E-state index is 7.56. The van der Waals surface area contributed by atoms with Crippen molar-refractivity contribution in [3.05, 3.63) is 23.8 Å². The van der Waals surface area contributed by atoms with Crippen LogP contribution >= 0.6 is 0 Å². The van der Waals surface area contributed by atoms with Gasteiger partial charge in [-0.1, -0.05) is 0 Å². The molecule has 68 valence electrons. The number of aromatic nitrogens is 3. The number of hydrogen-bond donors (Lipinski definition) is 2. The van der Waals surface area contributed by atoms with Crippen molar-refractivity contribution in [2.75, 3.05) is 5.32 Å². The first-order valence-electron chi connectivity index (χ1n) is 4.06. The third kappa shape index (κ3) is 0.846. The molecule has 2 aromatic heterocycles. The van der Waals surface area contributed by atoms with Gasteiger partial charge < -0.3 is 10.7 Å². The van der Waals surface area contributed by atoms with E-state index in [1.807, 2.05) is 0 Å². The van der Waals surface area contributed by atoms with Crippen LogP contribution < -0.4 is 10.7 Å². The summed E-state index contributed by atoms with van der Waals surface area (Å²) in [4.78, 5) is 12.1. The van der Waals surface area contributed by atoms with Crippen molar-refractivity contribution in [1.82, 2.24) is 14.4 Å². The summed E-state index contributed by atoms with van der Waals surface area (Å²) < 4.78 is 1.76. The topological polar surface area (TPSA) is 78.4 Å². The Morgan fingerprint density at radius 3 is 3.14 bits per heavy atom. The van der Waals surface area contributed by atoms with Gasteiger partial charge in [0, 0.05) is 12.1 Å². The number of aliphatic imine (C=N–C) groups is 1. The third-order valence-corrected chi connectivity index (χ3v) is 2.00. The van der Waals surface area contributed by atoms with Crippen LogP contribution in [0.25, 0.3) is 5.65 Å². The van der Waals surface area contributed by atoms with E-state index < -0.39 is 0 Å². The van der Waals surface area contributed by atoms with Crippen molar-refractivity contribution < 1.29 is 0 Å². The lowest BCUT2D eigenvalue weighted by atomic mass is 10.4. The lowest BCUT2D eigenvalue weighted by Gasteiger charge is -2.13. The molecule has 6 nitrogen and oxygen atoms in total. The first kappa shape index (κ1) is 7.19. The van der Waals surface area contributed by atoms with Crippen molar-refractivity contribution in [2.45, 2.75) is 0 Å². The van der Waals surface area contributed by atoms with E-state index in [4.69, 9.17) is 5.41 Å². The molecular formula is C8H6N6. The minimum Gasteiger partial charge on any atom is -0.332 e. The molecule has 0 saturated carbocycles. The van der Waals surface area contributed by atoms with Gasteiger partial charge in [0.05, 0.1) is 11.7 Å². The van der Waals surface area contributed by atoms with Crippen molar-refractivity contribution in [3.8, 4) is 0 Å². The number of anilines is 1. The van der Waals surface area contributed by atoms with Gasteiger partial charge in [0.2, 0.25) is 5.95 Å². The highest BCUT2D eigenvalue weighted by molar-refractivity contribution is 5.79. The molecule has 0 bridgehead atoms. The second-order valence-electron chi connectivity index (χ2n) is 2.90. The normalized spacial score (nSPS) is 12.9. The van der Waals surface area contributed by atoms with E-state index in [-0.39, 0.29) is 0 Å². The van der Waals surface area contributed by atoms with Crippen LogP contribution in [0.3, 0.4) is 0 Å². The maximum atomic E-state index is 7.56. The van der Waals surface area contributed by atoms with Gasteiger partial charge in [-0.25, -0.2) is 19.4 Å². The number of nitrogens with one attached hydrogen (secondary N) is 2. The Hall–Kier alpha value is -2.24. The molecule has 0 atom stereocenters. The molecule has 0 aromatic carbocycles. The Balaban J connectivity index is 2.59. The maximum Gasteiger partial charge on any atom is 0.239 e. The molecule has 1 aliphatic heterocycles. The van der Waals surface area contributed by atoms with Crippen LogP contribution in [0.1, 0.15) is 0 Å². The first-order valence-corrected chi connectivity index (χ1v) is 4.06. The SMILES string of the molecule is N=c1cc2n3c(ncnc3c1)N=CN2. The predicted molar refractivity (Wildman–Crippen MR) is 50.6 cm³/mol. The summed E-state index contributed by atoms with van der Waals surface area (Å²) in [5.74, 6) is 1.34. The zero-order valence-electron chi connectivity index (χ0n) is 7.10. The lowest BCUT2D eigenvalue weighted by molar-refractivity contribution is 0.985. The molecule has 2 aromatic rings. The molecule has 0 fully saturated rings. The predicted octanol–water partition coefficient (Wildman–Crippen LogP) is 0.294. The molecule has 3 rings (SSSR count). The largest absolute Gasteiger partial charge is 0.332 e. The van der Waals surface area contributed by atoms with E-state index in [0.717, 1.165) is 5.82 Å². The van der Waals surface area contributed by atoms with Gasteiger partial charge in [-0.2, -0.15) is 0 Å². The lowest BCUT2D eigenvalue weighted by Crippen LogP contribution is -2.14. The molecule has 0 saturated heterocycles. The molecule has 0 aliphatic carbocycles. The fourth-order valence-corrected chi connectivity index (χ4v) is 1.44. The van der Waals surface area contributed by atoms with Crippen LogP contribution in [-0.4, -0.2) is 20.7 Å². The Labute approximate surface area is 78.5 Å². The standard InChI is InChI=1S/C8H6N6/c9-5-1-6-10-3-12-8-13-4-11-7(2-5)14(6)8/h1-4,9H,(H,10,11,12,13). The second kappa shape index (κ2) is 2.38. The fourth-order valence-electron chi connectivity index (χ4n) is 1.44. The zero-order valence-corrected chi connectivity index (χ0v) is 7.10. The molecule has 0 unspecified atom stereocenters. The molecule has 0 amide bonds. The molecule has 14 heavy (non-hydrogen) atoms. The van der Waals surface area contributed by atoms with Crippen LogP contribution in [0.2, 0.25) is 0 Å². The van der Waals surface area contributed by atoms with E-state index >= 15 is 0 Å². The second-order valence-corrected chi connectivity index (χ2v) is 2.90. The fraction of sp³-hybridized carbons (Fsp3) is 0. The number of rotatable bonds is 0. The smallest absolute Gasteiger partial charge is 0.239 e. The molecule has 0 spiro atoms. The average molecular weight is 186 g/mol. The van der Waals surface area contributed by atoms with E-state index in [0.29, 0.717) is 17.0 Å². The first-order chi connectivity index (χ1) is 6.84. The van der Waals surface area contributed by atoms with Gasteiger partial charge in [0.25, 0.3) is 0 Å². The van der Waals surface area contributed by atoms with Crippen molar-refractivity contribution in [1.29, 1.82) is 5.41 Å². The van der Waals surface area contributed by atoms with Crippen LogP contribution in [0, 0.1) is 5.41 Å². The number of nitrogens with zero attached hydrogens (tertiary/aromatic N) is 4. The van der Waals surface area contributed by atoms with E-state index in [1.54, 1.807) is 22.9 Å². The Bertz CT molecular complexity index is 596. The summed E-state index contributed by atoms with van der Waals surface area (Å²) in [5.41, 5.74) is 0.668. The quantitative estimate of drug-likeness (QED) is 0.620. The van der Waals surface area contributed by atoms with Crippen LogP contribution in [0.5, 0.6) is 0 Å². The van der Waals surface area contributed by atoms with Crippen LogP contribution in [-0.2, 0) is 0 Å². The van der Waals surface area contributed by atoms with Crippen molar-refractivity contribution in [3.63, 3.8) is 0 Å². The minimum absolute atomic E-state index is 0.410. The highest BCUT2D eigenvalue weighted by Crippen LogP contribution is 2.17. The van der Waals surface area contributed by atoms with E-state index in [2.05, 4.69) is 20.3 Å². The van der Waals surface area contributed by atoms with Gasteiger partial charge in [0.1, 0.15) is 17.8 Å². The van der Waals surface area contributed by atoms with Gasteiger partial charge >= 0.3 is 0 Å². The number of pyridine rings is 1. The molecule has 1 aliphatic rings. The monoisotopic (exact) mass is 186 g/mol. The summed E-state index contributed by atoms with van der Waals surface area (Å²) in [7, 11) is 0. The zero-order chi connectivity index (χ0) is 9.54. The number of hydrogen-bond acceptors (Lipinski definition) is 5. The summed E-state index contributed by atoms with van der Waals surface area (Å²) >= 11 is 0. The molecule has 0 radical (unpaired) electrons. The molecular weight excluding hydrogens is 180 g/mol.